The van der Waals surface area contributed by atoms with Crippen LogP contribution in [0.15, 0.2) is 30.3 Å². The Morgan fingerprint density at radius 2 is 1.68 bits per heavy atom. The lowest BCUT2D eigenvalue weighted by Gasteiger charge is -2.36. The molecule has 0 saturated carbocycles. The second kappa shape index (κ2) is 9.15. The number of piperazine rings is 1. The summed E-state index contributed by atoms with van der Waals surface area (Å²) in [6, 6.07) is 10.6. The summed E-state index contributed by atoms with van der Waals surface area (Å²) in [5.74, 6) is 0. The van der Waals surface area contributed by atoms with Gasteiger partial charge in [0.25, 0.3) is 0 Å². The molecule has 0 radical (unpaired) electrons. The zero-order valence-corrected chi connectivity index (χ0v) is 14.7. The molecule has 1 aliphatic heterocycles. The summed E-state index contributed by atoms with van der Waals surface area (Å²) in [5, 5.41) is 9.52. The number of nitrogens with zero attached hydrogens (tertiary/aromatic N) is 4. The third-order valence-electron chi connectivity index (χ3n) is 3.62. The predicted octanol–water partition coefficient (Wildman–Crippen LogP) is 2.33. The first-order valence-electron chi connectivity index (χ1n) is 6.91. The molecule has 2 heterocycles. The van der Waals surface area contributed by atoms with Crippen LogP contribution in [0.2, 0.25) is 0 Å². The molecule has 1 aliphatic rings. The van der Waals surface area contributed by atoms with Crippen LogP contribution >= 0.6 is 36.2 Å². The number of para-hydroxylation sites is 1. The smallest absolute Gasteiger partial charge is 0.203 e. The first kappa shape index (κ1) is 19.0. The van der Waals surface area contributed by atoms with Crippen molar-refractivity contribution >= 4 is 47.0 Å². The van der Waals surface area contributed by atoms with Gasteiger partial charge in [0.05, 0.1) is 0 Å². The Morgan fingerprint density at radius 3 is 2.27 bits per heavy atom. The molecule has 1 aromatic heterocycles. The van der Waals surface area contributed by atoms with Crippen LogP contribution in [0.4, 0.5) is 10.8 Å². The molecule has 3 rings (SSSR count). The maximum absolute atomic E-state index is 5.59. The van der Waals surface area contributed by atoms with Crippen molar-refractivity contribution < 1.29 is 0 Å². The van der Waals surface area contributed by atoms with Gasteiger partial charge in [-0.3, -0.25) is 4.90 Å². The molecule has 2 aromatic rings. The normalized spacial score (nSPS) is 15.0. The van der Waals surface area contributed by atoms with Crippen molar-refractivity contribution in [3.8, 4) is 0 Å². The molecule has 22 heavy (non-hydrogen) atoms. The second-order valence-electron chi connectivity index (χ2n) is 4.95. The largest absolute Gasteiger partial charge is 0.374 e. The first-order valence-corrected chi connectivity index (χ1v) is 7.73. The maximum Gasteiger partial charge on any atom is 0.203 e. The van der Waals surface area contributed by atoms with Gasteiger partial charge in [0, 0.05) is 44.8 Å². The highest BCUT2D eigenvalue weighted by Gasteiger charge is 2.17. The summed E-state index contributed by atoms with van der Waals surface area (Å²) in [4.78, 5) is 4.93. The average molecular weight is 362 g/mol. The van der Waals surface area contributed by atoms with Crippen molar-refractivity contribution in [3.63, 3.8) is 0 Å². The van der Waals surface area contributed by atoms with Crippen LogP contribution in [0.1, 0.15) is 5.01 Å². The monoisotopic (exact) mass is 361 g/mol. The molecular weight excluding hydrogens is 341 g/mol. The fourth-order valence-corrected chi connectivity index (χ4v) is 3.09. The van der Waals surface area contributed by atoms with Crippen LogP contribution in [0, 0.1) is 0 Å². The summed E-state index contributed by atoms with van der Waals surface area (Å²) >= 11 is 1.49. The highest BCUT2D eigenvalue weighted by Crippen LogP contribution is 2.16. The molecule has 122 valence electrons. The summed E-state index contributed by atoms with van der Waals surface area (Å²) < 4.78 is 0. The van der Waals surface area contributed by atoms with E-state index in [0.717, 1.165) is 44.2 Å². The molecule has 0 unspecified atom stereocenters. The molecule has 1 fully saturated rings. The Bertz CT molecular complexity index is 543. The topological polar surface area (TPSA) is 58.3 Å². The van der Waals surface area contributed by atoms with Crippen LogP contribution in [0.3, 0.4) is 0 Å². The van der Waals surface area contributed by atoms with Gasteiger partial charge in [-0.15, -0.1) is 35.0 Å². The van der Waals surface area contributed by atoms with Gasteiger partial charge in [-0.05, 0) is 12.1 Å². The summed E-state index contributed by atoms with van der Waals surface area (Å²) in [6.07, 6.45) is 0.945. The molecular formula is C14H21Cl2N5S. The standard InChI is InChI=1S/C14H19N5S.2ClH/c15-14-17-16-13(20-14)6-7-18-8-10-19(11-9-18)12-4-2-1-3-5-12;;/h1-5H,6-11H2,(H2,15,17);2*1H. The molecule has 0 atom stereocenters. The zero-order valence-electron chi connectivity index (χ0n) is 12.2. The minimum absolute atomic E-state index is 0. The number of aromatic nitrogens is 2. The van der Waals surface area contributed by atoms with E-state index >= 15 is 0 Å². The lowest BCUT2D eigenvalue weighted by molar-refractivity contribution is 0.261. The predicted molar refractivity (Wildman–Crippen MR) is 97.6 cm³/mol. The Labute approximate surface area is 147 Å². The van der Waals surface area contributed by atoms with Gasteiger partial charge in [0.2, 0.25) is 5.13 Å². The minimum atomic E-state index is 0. The van der Waals surface area contributed by atoms with Gasteiger partial charge in [0.1, 0.15) is 5.01 Å². The number of nitrogens with two attached hydrogens (primary N) is 1. The van der Waals surface area contributed by atoms with E-state index in [-0.39, 0.29) is 24.8 Å². The molecule has 0 aliphatic carbocycles. The summed E-state index contributed by atoms with van der Waals surface area (Å²) in [7, 11) is 0. The summed E-state index contributed by atoms with van der Waals surface area (Å²) in [5.41, 5.74) is 6.92. The highest BCUT2D eigenvalue weighted by molar-refractivity contribution is 7.15. The molecule has 5 nitrogen and oxygen atoms in total. The molecule has 1 saturated heterocycles. The molecule has 0 bridgehead atoms. The molecule has 0 amide bonds. The quantitative estimate of drug-likeness (QED) is 0.905. The van der Waals surface area contributed by atoms with Gasteiger partial charge in [-0.25, -0.2) is 0 Å². The van der Waals surface area contributed by atoms with Gasteiger partial charge < -0.3 is 10.6 Å². The molecule has 1 aromatic carbocycles. The number of halogens is 2. The third kappa shape index (κ3) is 4.98. The van der Waals surface area contributed by atoms with E-state index in [1.807, 2.05) is 0 Å². The van der Waals surface area contributed by atoms with Crippen LogP contribution in [0.5, 0.6) is 0 Å². The summed E-state index contributed by atoms with van der Waals surface area (Å²) in [6.45, 7) is 5.41. The average Bonchev–Trinajstić information content (AvgIpc) is 2.92. The third-order valence-corrected chi connectivity index (χ3v) is 4.43. The molecule has 0 spiro atoms. The van der Waals surface area contributed by atoms with E-state index in [4.69, 9.17) is 5.73 Å². The maximum atomic E-state index is 5.59. The van der Waals surface area contributed by atoms with Gasteiger partial charge in [-0.2, -0.15) is 0 Å². The second-order valence-corrected chi connectivity index (χ2v) is 6.04. The van der Waals surface area contributed by atoms with E-state index in [1.165, 1.54) is 17.0 Å². The van der Waals surface area contributed by atoms with Crippen LogP contribution in [-0.4, -0.2) is 47.8 Å². The number of hydrogen-bond acceptors (Lipinski definition) is 6. The Hall–Kier alpha value is -1.08. The lowest BCUT2D eigenvalue weighted by Crippen LogP contribution is -2.46. The molecule has 2 N–H and O–H groups in total. The Kier molecular flexibility index (Phi) is 7.89. The van der Waals surface area contributed by atoms with Crippen molar-refractivity contribution in [2.75, 3.05) is 43.4 Å². The fourth-order valence-electron chi connectivity index (χ4n) is 2.49. The number of hydrogen-bond donors (Lipinski definition) is 1. The number of anilines is 2. The zero-order chi connectivity index (χ0) is 13.8. The van der Waals surface area contributed by atoms with Crippen LogP contribution in [-0.2, 0) is 6.42 Å². The number of nitrogen functional groups attached to an aromatic ring is 1. The van der Waals surface area contributed by atoms with Gasteiger partial charge >= 0.3 is 0 Å². The van der Waals surface area contributed by atoms with Crippen molar-refractivity contribution in [2.24, 2.45) is 0 Å². The molecule has 8 heteroatoms. The van der Waals surface area contributed by atoms with E-state index in [0.29, 0.717) is 5.13 Å². The van der Waals surface area contributed by atoms with Gasteiger partial charge in [-0.1, -0.05) is 29.5 Å². The first-order chi connectivity index (χ1) is 9.81. The number of benzene rings is 1. The van der Waals surface area contributed by atoms with Crippen molar-refractivity contribution in [3.05, 3.63) is 35.3 Å². The highest BCUT2D eigenvalue weighted by atomic mass is 35.5. The Morgan fingerprint density at radius 1 is 1.00 bits per heavy atom. The van der Waals surface area contributed by atoms with Crippen molar-refractivity contribution in [2.45, 2.75) is 6.42 Å². The van der Waals surface area contributed by atoms with Crippen LogP contribution in [0.25, 0.3) is 0 Å². The minimum Gasteiger partial charge on any atom is -0.374 e. The van der Waals surface area contributed by atoms with Crippen molar-refractivity contribution in [1.82, 2.24) is 15.1 Å². The lowest BCUT2D eigenvalue weighted by atomic mass is 10.2. The van der Waals surface area contributed by atoms with E-state index in [9.17, 15) is 0 Å². The SMILES string of the molecule is Cl.Cl.Nc1nnc(CCN2CCN(c3ccccc3)CC2)s1. The van der Waals surface area contributed by atoms with E-state index in [2.05, 4.69) is 50.3 Å². The van der Waals surface area contributed by atoms with Crippen LogP contribution < -0.4 is 10.6 Å². The number of rotatable bonds is 4. The van der Waals surface area contributed by atoms with Gasteiger partial charge in [0.15, 0.2) is 0 Å². The van der Waals surface area contributed by atoms with E-state index in [1.54, 1.807) is 0 Å². The Balaban J connectivity index is 0.00000121. The van der Waals surface area contributed by atoms with E-state index < -0.39 is 0 Å². The fraction of sp³-hybridized carbons (Fsp3) is 0.429. The van der Waals surface area contributed by atoms with Crippen molar-refractivity contribution in [1.29, 1.82) is 0 Å².